The minimum Gasteiger partial charge on any atom is -0.344 e. The van der Waals surface area contributed by atoms with Gasteiger partial charge in [-0.1, -0.05) is 30.3 Å². The number of nitrogens with zero attached hydrogens (tertiary/aromatic N) is 2. The van der Waals surface area contributed by atoms with E-state index in [4.69, 9.17) is 4.74 Å². The van der Waals surface area contributed by atoms with Gasteiger partial charge in [0, 0.05) is 0 Å². The molecular weight excluding hydrogens is 333 g/mol. The van der Waals surface area contributed by atoms with Crippen molar-refractivity contribution in [2.24, 2.45) is 5.10 Å². The number of alkyl halides is 3. The number of hydrogen-bond donors (Lipinski definition) is 0. The van der Waals surface area contributed by atoms with Crippen LogP contribution in [0.2, 0.25) is 0 Å². The average Bonchev–Trinajstić information content (AvgIpc) is 3.30. The van der Waals surface area contributed by atoms with E-state index in [9.17, 15) is 18.0 Å². The average molecular weight is 346 g/mol. The maximum absolute atomic E-state index is 12.8. The van der Waals surface area contributed by atoms with Crippen molar-refractivity contribution in [2.75, 3.05) is 5.01 Å². The van der Waals surface area contributed by atoms with Crippen LogP contribution < -0.4 is 5.01 Å². The van der Waals surface area contributed by atoms with E-state index in [0.717, 1.165) is 12.1 Å². The lowest BCUT2D eigenvalue weighted by atomic mass is 9.94. The third kappa shape index (κ3) is 2.34. The summed E-state index contributed by atoms with van der Waals surface area (Å²) in [6.07, 6.45) is -5.02. The SMILES string of the molecule is CC1=NN(c2ccccc2)C(=O)[C@]12O[C@@H]2c1ccc(C(F)(F)F)cc1. The number of carbonyl (C=O) groups excluding carboxylic acids is 1. The van der Waals surface area contributed by atoms with Gasteiger partial charge in [0.1, 0.15) is 6.10 Å². The van der Waals surface area contributed by atoms with Crippen LogP contribution in [0.4, 0.5) is 18.9 Å². The molecular formula is C18H13F3N2O2. The molecule has 2 aromatic carbocycles. The number of rotatable bonds is 2. The van der Waals surface area contributed by atoms with Gasteiger partial charge in [-0.15, -0.1) is 0 Å². The van der Waals surface area contributed by atoms with Gasteiger partial charge in [0.25, 0.3) is 5.91 Å². The highest BCUT2D eigenvalue weighted by Gasteiger charge is 2.70. The van der Waals surface area contributed by atoms with Crippen LogP contribution in [0, 0.1) is 0 Å². The molecule has 0 aromatic heterocycles. The second-order valence-corrected chi connectivity index (χ2v) is 5.99. The van der Waals surface area contributed by atoms with Crippen molar-refractivity contribution in [3.8, 4) is 0 Å². The van der Waals surface area contributed by atoms with Crippen LogP contribution in [-0.4, -0.2) is 17.2 Å². The molecule has 0 N–H and O–H groups in total. The van der Waals surface area contributed by atoms with Crippen LogP contribution in [0.5, 0.6) is 0 Å². The van der Waals surface area contributed by atoms with Gasteiger partial charge in [-0.05, 0) is 36.8 Å². The van der Waals surface area contributed by atoms with Gasteiger partial charge in [0.15, 0.2) is 0 Å². The number of epoxide rings is 1. The van der Waals surface area contributed by atoms with Crippen LogP contribution in [0.15, 0.2) is 59.7 Å². The number of benzene rings is 2. The van der Waals surface area contributed by atoms with Gasteiger partial charge < -0.3 is 4.74 Å². The molecule has 1 saturated heterocycles. The Morgan fingerprint density at radius 2 is 1.72 bits per heavy atom. The van der Waals surface area contributed by atoms with Crippen molar-refractivity contribution < 1.29 is 22.7 Å². The highest BCUT2D eigenvalue weighted by atomic mass is 19.4. The maximum Gasteiger partial charge on any atom is 0.416 e. The van der Waals surface area contributed by atoms with E-state index in [1.54, 1.807) is 31.2 Å². The minimum atomic E-state index is -4.40. The third-order valence-electron chi connectivity index (χ3n) is 4.45. The summed E-state index contributed by atoms with van der Waals surface area (Å²) in [7, 11) is 0. The van der Waals surface area contributed by atoms with Crippen molar-refractivity contribution in [1.29, 1.82) is 0 Å². The summed E-state index contributed by atoms with van der Waals surface area (Å²) < 4.78 is 43.7. The lowest BCUT2D eigenvalue weighted by Crippen LogP contribution is -2.35. The van der Waals surface area contributed by atoms with Crippen molar-refractivity contribution >= 4 is 17.3 Å². The van der Waals surface area contributed by atoms with E-state index in [0.29, 0.717) is 17.0 Å². The van der Waals surface area contributed by atoms with E-state index in [-0.39, 0.29) is 5.91 Å². The molecule has 4 rings (SSSR count). The summed E-state index contributed by atoms with van der Waals surface area (Å²) in [6.45, 7) is 1.69. The fraction of sp³-hybridized carbons (Fsp3) is 0.222. The molecule has 2 aliphatic heterocycles. The molecule has 1 fully saturated rings. The number of amides is 1. The molecule has 25 heavy (non-hydrogen) atoms. The smallest absolute Gasteiger partial charge is 0.344 e. The Hall–Kier alpha value is -2.67. The van der Waals surface area contributed by atoms with Gasteiger partial charge in [-0.25, -0.2) is 0 Å². The normalized spacial score (nSPS) is 25.4. The molecule has 0 unspecified atom stereocenters. The van der Waals surface area contributed by atoms with Gasteiger partial charge in [0.05, 0.1) is 17.0 Å². The zero-order valence-electron chi connectivity index (χ0n) is 13.1. The molecule has 0 radical (unpaired) electrons. The molecule has 2 aliphatic rings. The summed E-state index contributed by atoms with van der Waals surface area (Å²) >= 11 is 0. The summed E-state index contributed by atoms with van der Waals surface area (Å²) in [5.74, 6) is -0.332. The second kappa shape index (κ2) is 5.16. The number of hydrogen-bond acceptors (Lipinski definition) is 3. The van der Waals surface area contributed by atoms with E-state index < -0.39 is 23.4 Å². The second-order valence-electron chi connectivity index (χ2n) is 5.99. The number of halogens is 3. The van der Waals surface area contributed by atoms with E-state index in [1.165, 1.54) is 17.1 Å². The topological polar surface area (TPSA) is 45.2 Å². The lowest BCUT2D eigenvalue weighted by Gasteiger charge is -2.12. The van der Waals surface area contributed by atoms with Crippen molar-refractivity contribution in [3.63, 3.8) is 0 Å². The Kier molecular flexibility index (Phi) is 3.27. The summed E-state index contributed by atoms with van der Waals surface area (Å²) in [4.78, 5) is 12.8. The third-order valence-corrected chi connectivity index (χ3v) is 4.45. The molecule has 1 amide bonds. The largest absolute Gasteiger partial charge is 0.416 e. The van der Waals surface area contributed by atoms with Gasteiger partial charge in [-0.3, -0.25) is 4.79 Å². The Bertz CT molecular complexity index is 862. The van der Waals surface area contributed by atoms with Gasteiger partial charge in [-0.2, -0.15) is 23.3 Å². The number of anilines is 1. The molecule has 128 valence electrons. The Morgan fingerprint density at radius 1 is 1.08 bits per heavy atom. The quantitative estimate of drug-likeness (QED) is 0.773. The molecule has 2 atom stereocenters. The van der Waals surface area contributed by atoms with Crippen molar-refractivity contribution in [3.05, 3.63) is 65.7 Å². The zero-order valence-corrected chi connectivity index (χ0v) is 13.1. The molecule has 2 aromatic rings. The number of carbonyl (C=O) groups is 1. The highest BCUT2D eigenvalue weighted by Crippen LogP contribution is 2.54. The first-order valence-corrected chi connectivity index (χ1v) is 7.64. The molecule has 0 bridgehead atoms. The lowest BCUT2D eigenvalue weighted by molar-refractivity contribution is -0.137. The fourth-order valence-corrected chi connectivity index (χ4v) is 3.07. The van der Waals surface area contributed by atoms with Crippen LogP contribution in [0.25, 0.3) is 0 Å². The Balaban J connectivity index is 1.61. The molecule has 0 saturated carbocycles. The molecule has 1 spiro atoms. The Morgan fingerprint density at radius 3 is 2.32 bits per heavy atom. The predicted octanol–water partition coefficient (Wildman–Crippen LogP) is 3.94. The summed E-state index contributed by atoms with van der Waals surface area (Å²) in [6, 6.07) is 13.6. The summed E-state index contributed by atoms with van der Waals surface area (Å²) in [5.41, 5.74) is -0.322. The van der Waals surface area contributed by atoms with Crippen molar-refractivity contribution in [2.45, 2.75) is 24.8 Å². The number of ether oxygens (including phenoxy) is 1. The fourth-order valence-electron chi connectivity index (χ4n) is 3.07. The molecule has 2 heterocycles. The van der Waals surface area contributed by atoms with Crippen LogP contribution in [0.3, 0.4) is 0 Å². The van der Waals surface area contributed by atoms with Gasteiger partial charge >= 0.3 is 6.18 Å². The first-order chi connectivity index (χ1) is 11.8. The number of para-hydroxylation sites is 1. The zero-order chi connectivity index (χ0) is 17.8. The van der Waals surface area contributed by atoms with Crippen molar-refractivity contribution in [1.82, 2.24) is 0 Å². The number of hydrazone groups is 1. The van der Waals surface area contributed by atoms with Crippen LogP contribution in [0.1, 0.15) is 24.2 Å². The van der Waals surface area contributed by atoms with Gasteiger partial charge in [0.2, 0.25) is 5.60 Å². The molecule has 0 aliphatic carbocycles. The molecule has 7 heteroatoms. The Labute approximate surface area is 141 Å². The first-order valence-electron chi connectivity index (χ1n) is 7.64. The first kappa shape index (κ1) is 15.8. The minimum absolute atomic E-state index is 0.332. The van der Waals surface area contributed by atoms with E-state index in [2.05, 4.69) is 5.10 Å². The summed E-state index contributed by atoms with van der Waals surface area (Å²) in [5, 5.41) is 5.56. The van der Waals surface area contributed by atoms with Crippen LogP contribution >= 0.6 is 0 Å². The van der Waals surface area contributed by atoms with E-state index in [1.807, 2.05) is 6.07 Å². The van der Waals surface area contributed by atoms with E-state index >= 15 is 0 Å². The predicted molar refractivity (Wildman–Crippen MR) is 85.0 cm³/mol. The molecule has 4 nitrogen and oxygen atoms in total. The highest BCUT2D eigenvalue weighted by molar-refractivity contribution is 6.24. The monoisotopic (exact) mass is 346 g/mol. The standard InChI is InChI=1S/C18H13F3N2O2/c1-11-17(16(24)23(22-11)14-5-3-2-4-6-14)15(25-17)12-7-9-13(10-8-12)18(19,20)21/h2-10,15H,1H3/t15-,17+/m1/s1. The van der Waals surface area contributed by atoms with Crippen LogP contribution in [-0.2, 0) is 15.7 Å². The maximum atomic E-state index is 12.8.